The fourth-order valence-electron chi connectivity index (χ4n) is 2.13. The van der Waals surface area contributed by atoms with Crippen LogP contribution in [0.2, 0.25) is 5.02 Å². The zero-order chi connectivity index (χ0) is 16.6. The quantitative estimate of drug-likeness (QED) is 0.752. The van der Waals surface area contributed by atoms with Crippen LogP contribution >= 0.6 is 11.6 Å². The second-order valence-corrected chi connectivity index (χ2v) is 6.69. The highest BCUT2D eigenvalue weighted by Gasteiger charge is 2.20. The van der Waals surface area contributed by atoms with Gasteiger partial charge in [0.25, 0.3) is 10.0 Å². The summed E-state index contributed by atoms with van der Waals surface area (Å²) in [5, 5.41) is 13.4. The average Bonchev–Trinajstić information content (AvgIpc) is 3.16. The van der Waals surface area contributed by atoms with Crippen molar-refractivity contribution in [2.75, 3.05) is 4.72 Å². The minimum absolute atomic E-state index is 0.176. The Morgan fingerprint density at radius 2 is 2.26 bits per heavy atom. The van der Waals surface area contributed by atoms with Gasteiger partial charge < -0.3 is 4.98 Å². The van der Waals surface area contributed by atoms with E-state index in [9.17, 15) is 12.8 Å². The standard InChI is InChI=1S/C13H9ClFN5O2S/c14-10-1-2-11(13-12(10)8(3-16)4-17-13)19-23(21,22)9-5-18-20(6-9)7-15/h1-2,4-6,17,19H,7H2. The number of nitrogens with zero attached hydrogens (tertiary/aromatic N) is 3. The van der Waals surface area contributed by atoms with Crippen molar-refractivity contribution in [1.82, 2.24) is 14.8 Å². The Balaban J connectivity index is 2.06. The summed E-state index contributed by atoms with van der Waals surface area (Å²) in [6, 6.07) is 4.93. The summed E-state index contributed by atoms with van der Waals surface area (Å²) in [6.07, 6.45) is 3.56. The maximum Gasteiger partial charge on any atom is 0.265 e. The van der Waals surface area contributed by atoms with Crippen LogP contribution in [0.4, 0.5) is 10.1 Å². The molecule has 0 aliphatic heterocycles. The number of aromatic amines is 1. The molecule has 2 aromatic heterocycles. The third-order valence-electron chi connectivity index (χ3n) is 3.19. The number of H-pyrrole nitrogens is 1. The van der Waals surface area contributed by atoms with Gasteiger partial charge in [-0.2, -0.15) is 10.4 Å². The second-order valence-electron chi connectivity index (χ2n) is 4.60. The molecule has 3 aromatic rings. The smallest absolute Gasteiger partial charge is 0.265 e. The monoisotopic (exact) mass is 353 g/mol. The largest absolute Gasteiger partial charge is 0.358 e. The first-order chi connectivity index (χ1) is 11.0. The van der Waals surface area contributed by atoms with Gasteiger partial charge >= 0.3 is 0 Å². The molecule has 0 saturated carbocycles. The van der Waals surface area contributed by atoms with E-state index < -0.39 is 16.8 Å². The number of alkyl halides is 1. The summed E-state index contributed by atoms with van der Waals surface area (Å²) >= 11 is 6.06. The summed E-state index contributed by atoms with van der Waals surface area (Å²) in [4.78, 5) is 2.65. The maximum atomic E-state index is 12.5. The van der Waals surface area contributed by atoms with E-state index in [1.807, 2.05) is 6.07 Å². The highest BCUT2D eigenvalue weighted by atomic mass is 35.5. The number of halogens is 2. The zero-order valence-electron chi connectivity index (χ0n) is 11.4. The van der Waals surface area contributed by atoms with Crippen LogP contribution in [-0.2, 0) is 16.8 Å². The number of hydrogen-bond acceptors (Lipinski definition) is 4. The predicted octanol–water partition coefficient (Wildman–Crippen LogP) is 2.62. The molecule has 0 aliphatic carbocycles. The molecule has 0 radical (unpaired) electrons. The van der Waals surface area contributed by atoms with E-state index >= 15 is 0 Å². The fraction of sp³-hybridized carbons (Fsp3) is 0.0769. The Kier molecular flexibility index (Phi) is 3.71. The molecule has 0 saturated heterocycles. The Morgan fingerprint density at radius 3 is 2.91 bits per heavy atom. The van der Waals surface area contributed by atoms with Gasteiger partial charge in [-0.25, -0.2) is 17.5 Å². The van der Waals surface area contributed by atoms with E-state index in [0.717, 1.165) is 17.1 Å². The van der Waals surface area contributed by atoms with Crippen molar-refractivity contribution in [3.8, 4) is 6.07 Å². The van der Waals surface area contributed by atoms with E-state index in [2.05, 4.69) is 14.8 Å². The predicted molar refractivity (Wildman–Crippen MR) is 82.2 cm³/mol. The number of rotatable bonds is 4. The van der Waals surface area contributed by atoms with Gasteiger partial charge in [0.15, 0.2) is 6.80 Å². The number of sulfonamides is 1. The SMILES string of the molecule is N#Cc1c[nH]c2c(NS(=O)(=O)c3cnn(CF)c3)ccc(Cl)c12. The van der Waals surface area contributed by atoms with E-state index in [1.165, 1.54) is 18.3 Å². The van der Waals surface area contributed by atoms with Gasteiger partial charge in [0, 0.05) is 17.8 Å². The first-order valence-corrected chi connectivity index (χ1v) is 8.13. The third-order valence-corrected chi connectivity index (χ3v) is 4.83. The van der Waals surface area contributed by atoms with Crippen molar-refractivity contribution in [1.29, 1.82) is 5.26 Å². The van der Waals surface area contributed by atoms with Crippen LogP contribution in [0.5, 0.6) is 0 Å². The first-order valence-electron chi connectivity index (χ1n) is 6.27. The molecule has 2 heterocycles. The second kappa shape index (κ2) is 5.57. The molecular weight excluding hydrogens is 345 g/mol. The van der Waals surface area contributed by atoms with Gasteiger partial charge in [-0.15, -0.1) is 0 Å². The van der Waals surface area contributed by atoms with Gasteiger partial charge in [-0.1, -0.05) is 11.6 Å². The first kappa shape index (κ1) is 15.3. The summed E-state index contributed by atoms with van der Waals surface area (Å²) in [7, 11) is -3.95. The van der Waals surface area contributed by atoms with E-state index in [1.54, 1.807) is 0 Å². The minimum Gasteiger partial charge on any atom is -0.358 e. The van der Waals surface area contributed by atoms with Gasteiger partial charge in [0.05, 0.1) is 28.0 Å². The van der Waals surface area contributed by atoms with Gasteiger partial charge in [-0.3, -0.25) is 4.72 Å². The van der Waals surface area contributed by atoms with Crippen molar-refractivity contribution in [2.24, 2.45) is 0 Å². The Bertz CT molecular complexity index is 1030. The van der Waals surface area contributed by atoms with E-state index in [-0.39, 0.29) is 10.6 Å². The molecule has 118 valence electrons. The molecule has 0 bridgehead atoms. The van der Waals surface area contributed by atoms with Crippen molar-refractivity contribution >= 4 is 38.2 Å². The van der Waals surface area contributed by atoms with Crippen molar-refractivity contribution in [3.63, 3.8) is 0 Å². The van der Waals surface area contributed by atoms with Crippen molar-refractivity contribution < 1.29 is 12.8 Å². The van der Waals surface area contributed by atoms with Gasteiger partial charge in [0.2, 0.25) is 0 Å². The summed E-state index contributed by atoms with van der Waals surface area (Å²) in [5.41, 5.74) is 0.908. The van der Waals surface area contributed by atoms with Gasteiger partial charge in [0.1, 0.15) is 11.0 Å². The zero-order valence-corrected chi connectivity index (χ0v) is 13.0. The Labute approximate surface area is 135 Å². The van der Waals surface area contributed by atoms with Crippen LogP contribution in [-0.4, -0.2) is 23.2 Å². The topological polar surface area (TPSA) is 104 Å². The number of anilines is 1. The molecule has 0 fully saturated rings. The van der Waals surface area contributed by atoms with Crippen molar-refractivity contribution in [3.05, 3.63) is 41.3 Å². The van der Waals surface area contributed by atoms with Crippen LogP contribution in [0, 0.1) is 11.3 Å². The van der Waals surface area contributed by atoms with Crippen LogP contribution in [0.25, 0.3) is 10.9 Å². The lowest BCUT2D eigenvalue weighted by atomic mass is 10.1. The molecule has 0 atom stereocenters. The number of nitrogens with one attached hydrogen (secondary N) is 2. The van der Waals surface area contributed by atoms with Crippen LogP contribution in [0.3, 0.4) is 0 Å². The molecule has 0 unspecified atom stereocenters. The lowest BCUT2D eigenvalue weighted by Gasteiger charge is -2.08. The summed E-state index contributed by atoms with van der Waals surface area (Å²) in [6.45, 7) is -0.928. The minimum atomic E-state index is -3.95. The summed E-state index contributed by atoms with van der Waals surface area (Å²) < 4.78 is 40.4. The molecular formula is C13H9ClFN5O2S. The molecule has 23 heavy (non-hydrogen) atoms. The van der Waals surface area contributed by atoms with Crippen LogP contribution in [0.1, 0.15) is 5.56 Å². The lowest BCUT2D eigenvalue weighted by molar-refractivity contribution is 0.349. The molecule has 0 amide bonds. The highest BCUT2D eigenvalue weighted by Crippen LogP contribution is 2.32. The number of benzene rings is 1. The molecule has 3 rings (SSSR count). The third kappa shape index (κ3) is 2.62. The number of aromatic nitrogens is 3. The van der Waals surface area contributed by atoms with Crippen molar-refractivity contribution in [2.45, 2.75) is 11.7 Å². The van der Waals surface area contributed by atoms with Crippen LogP contribution < -0.4 is 4.72 Å². The molecule has 0 aliphatic rings. The Hall–Kier alpha value is -2.57. The van der Waals surface area contributed by atoms with Crippen LogP contribution in [0.15, 0.2) is 35.6 Å². The molecule has 7 nitrogen and oxygen atoms in total. The molecule has 0 spiro atoms. The van der Waals surface area contributed by atoms with E-state index in [0.29, 0.717) is 21.5 Å². The van der Waals surface area contributed by atoms with E-state index in [4.69, 9.17) is 16.9 Å². The number of fused-ring (bicyclic) bond motifs is 1. The number of hydrogen-bond donors (Lipinski definition) is 2. The normalized spacial score (nSPS) is 11.5. The Morgan fingerprint density at radius 1 is 1.48 bits per heavy atom. The molecule has 2 N–H and O–H groups in total. The maximum absolute atomic E-state index is 12.5. The lowest BCUT2D eigenvalue weighted by Crippen LogP contribution is -2.12. The number of nitriles is 1. The average molecular weight is 354 g/mol. The highest BCUT2D eigenvalue weighted by molar-refractivity contribution is 7.92. The van der Waals surface area contributed by atoms with Gasteiger partial charge in [-0.05, 0) is 12.1 Å². The summed E-state index contributed by atoms with van der Waals surface area (Å²) in [5.74, 6) is 0. The fourth-order valence-corrected chi connectivity index (χ4v) is 3.42. The molecule has 1 aromatic carbocycles. The molecule has 10 heteroatoms.